The summed E-state index contributed by atoms with van der Waals surface area (Å²) in [7, 11) is 1.61. The summed E-state index contributed by atoms with van der Waals surface area (Å²) in [6.45, 7) is 4.04. The Hall–Kier alpha value is -2.98. The third-order valence-corrected chi connectivity index (χ3v) is 4.59. The zero-order chi connectivity index (χ0) is 20.1. The Morgan fingerprint density at radius 2 is 1.68 bits per heavy atom. The van der Waals surface area contributed by atoms with Crippen LogP contribution in [0.2, 0.25) is 5.02 Å². The number of methoxy groups -OCH3 is 1. The molecule has 0 unspecified atom stereocenters. The lowest BCUT2D eigenvalue weighted by molar-refractivity contribution is -0.115. The lowest BCUT2D eigenvalue weighted by Gasteiger charge is -2.14. The van der Waals surface area contributed by atoms with Gasteiger partial charge in [0, 0.05) is 5.02 Å². The average Bonchev–Trinajstić information content (AvgIpc) is 2.67. The van der Waals surface area contributed by atoms with Gasteiger partial charge in [0.25, 0.3) is 0 Å². The zero-order valence-electron chi connectivity index (χ0n) is 16.1. The van der Waals surface area contributed by atoms with Gasteiger partial charge in [0.2, 0.25) is 5.91 Å². The molecule has 3 aromatic rings. The summed E-state index contributed by atoms with van der Waals surface area (Å²) in [5.74, 6) is 1.76. The molecule has 0 aliphatic carbocycles. The Morgan fingerprint density at radius 1 is 0.964 bits per heavy atom. The van der Waals surface area contributed by atoms with Crippen molar-refractivity contribution in [2.75, 3.05) is 12.4 Å². The Kier molecular flexibility index (Phi) is 6.22. The van der Waals surface area contributed by atoms with Gasteiger partial charge < -0.3 is 14.8 Å². The molecular formula is C23H22ClNO3. The van der Waals surface area contributed by atoms with Crippen LogP contribution in [-0.2, 0) is 11.2 Å². The van der Waals surface area contributed by atoms with Crippen molar-refractivity contribution >= 4 is 23.2 Å². The van der Waals surface area contributed by atoms with Crippen LogP contribution in [0.25, 0.3) is 0 Å². The first-order valence-electron chi connectivity index (χ1n) is 8.92. The number of carbonyl (C=O) groups is 1. The van der Waals surface area contributed by atoms with Crippen LogP contribution < -0.4 is 14.8 Å². The Bertz CT molecular complexity index is 984. The van der Waals surface area contributed by atoms with E-state index < -0.39 is 0 Å². The smallest absolute Gasteiger partial charge is 0.228 e. The van der Waals surface area contributed by atoms with Crippen molar-refractivity contribution in [1.29, 1.82) is 0 Å². The maximum absolute atomic E-state index is 12.6. The second-order valence-electron chi connectivity index (χ2n) is 6.57. The van der Waals surface area contributed by atoms with E-state index in [1.54, 1.807) is 37.4 Å². The van der Waals surface area contributed by atoms with Gasteiger partial charge in [-0.1, -0.05) is 35.4 Å². The molecule has 1 N–H and O–H groups in total. The molecule has 0 radical (unpaired) electrons. The molecule has 0 atom stereocenters. The number of hydrogen-bond acceptors (Lipinski definition) is 3. The summed E-state index contributed by atoms with van der Waals surface area (Å²) in [4.78, 5) is 12.6. The fourth-order valence-electron chi connectivity index (χ4n) is 2.87. The summed E-state index contributed by atoms with van der Waals surface area (Å²) < 4.78 is 11.1. The molecule has 144 valence electrons. The van der Waals surface area contributed by atoms with Gasteiger partial charge in [-0.25, -0.2) is 0 Å². The van der Waals surface area contributed by atoms with Gasteiger partial charge >= 0.3 is 0 Å². The quantitative estimate of drug-likeness (QED) is 0.561. The number of hydrogen-bond donors (Lipinski definition) is 1. The first-order chi connectivity index (χ1) is 13.4. The molecule has 0 saturated heterocycles. The molecule has 28 heavy (non-hydrogen) atoms. The van der Waals surface area contributed by atoms with Crippen LogP contribution in [0, 0.1) is 13.8 Å². The number of ether oxygens (including phenoxy) is 2. The molecule has 3 aromatic carbocycles. The van der Waals surface area contributed by atoms with Gasteiger partial charge in [0.1, 0.15) is 11.5 Å². The maximum Gasteiger partial charge on any atom is 0.228 e. The zero-order valence-corrected chi connectivity index (χ0v) is 16.8. The minimum atomic E-state index is -0.131. The minimum absolute atomic E-state index is 0.131. The number of halogens is 1. The lowest BCUT2D eigenvalue weighted by Crippen LogP contribution is -2.15. The van der Waals surface area contributed by atoms with Gasteiger partial charge in [-0.3, -0.25) is 4.79 Å². The predicted molar refractivity (Wildman–Crippen MR) is 113 cm³/mol. The van der Waals surface area contributed by atoms with Crippen molar-refractivity contribution in [2.45, 2.75) is 20.3 Å². The lowest BCUT2D eigenvalue weighted by atomic mass is 10.0. The van der Waals surface area contributed by atoms with Gasteiger partial charge in [0.05, 0.1) is 19.2 Å². The number of amides is 1. The highest BCUT2D eigenvalue weighted by Crippen LogP contribution is 2.33. The second-order valence-corrected chi connectivity index (χ2v) is 7.01. The molecule has 4 nitrogen and oxygen atoms in total. The normalized spacial score (nSPS) is 10.4. The topological polar surface area (TPSA) is 47.6 Å². The molecule has 0 aliphatic heterocycles. The fourth-order valence-corrected chi connectivity index (χ4v) is 3.04. The number of nitrogens with one attached hydrogen (secondary N) is 1. The van der Waals surface area contributed by atoms with Crippen LogP contribution in [0.1, 0.15) is 16.7 Å². The van der Waals surface area contributed by atoms with Gasteiger partial charge in [-0.05, 0) is 67.4 Å². The molecule has 0 aromatic heterocycles. The molecule has 1 amide bonds. The van der Waals surface area contributed by atoms with Crippen LogP contribution in [0.3, 0.4) is 0 Å². The third-order valence-electron chi connectivity index (χ3n) is 4.35. The summed E-state index contributed by atoms with van der Waals surface area (Å²) in [5.41, 5.74) is 3.78. The molecule has 0 spiro atoms. The average molecular weight is 396 g/mol. The van der Waals surface area contributed by atoms with Crippen LogP contribution in [0.15, 0.2) is 60.7 Å². The highest BCUT2D eigenvalue weighted by atomic mass is 35.5. The second kappa shape index (κ2) is 8.81. The summed E-state index contributed by atoms with van der Waals surface area (Å²) in [5, 5.41) is 3.43. The first-order valence-corrected chi connectivity index (χ1v) is 9.30. The van der Waals surface area contributed by atoms with Gasteiger partial charge in [-0.15, -0.1) is 0 Å². The van der Waals surface area contributed by atoms with Crippen molar-refractivity contribution in [3.05, 3.63) is 82.4 Å². The van der Waals surface area contributed by atoms with Crippen molar-refractivity contribution < 1.29 is 14.3 Å². The molecule has 0 fully saturated rings. The predicted octanol–water partition coefficient (Wildman–Crippen LogP) is 5.94. The SMILES string of the molecule is COc1ccc(Oc2ccc(Cl)cc2NC(=O)Cc2ccc(C)cc2C)cc1. The number of rotatable bonds is 6. The molecular weight excluding hydrogens is 374 g/mol. The van der Waals surface area contributed by atoms with E-state index in [2.05, 4.69) is 11.4 Å². The van der Waals surface area contributed by atoms with E-state index in [0.29, 0.717) is 22.2 Å². The Labute approximate surface area is 170 Å². The van der Waals surface area contributed by atoms with E-state index >= 15 is 0 Å². The van der Waals surface area contributed by atoms with E-state index in [1.165, 1.54) is 5.56 Å². The van der Waals surface area contributed by atoms with Gasteiger partial charge in [0.15, 0.2) is 5.75 Å². The standard InChI is InChI=1S/C23H22ClNO3/c1-15-4-5-17(16(2)12-15)13-23(26)25-21-14-18(24)6-11-22(21)28-20-9-7-19(27-3)8-10-20/h4-12,14H,13H2,1-3H3,(H,25,26). The van der Waals surface area contributed by atoms with E-state index in [0.717, 1.165) is 16.9 Å². The molecule has 0 aliphatic rings. The Balaban J connectivity index is 1.76. The van der Waals surface area contributed by atoms with E-state index in [4.69, 9.17) is 21.1 Å². The van der Waals surface area contributed by atoms with Crippen molar-refractivity contribution in [1.82, 2.24) is 0 Å². The van der Waals surface area contributed by atoms with Crippen LogP contribution >= 0.6 is 11.6 Å². The maximum atomic E-state index is 12.6. The van der Waals surface area contributed by atoms with E-state index in [1.807, 2.05) is 38.1 Å². The minimum Gasteiger partial charge on any atom is -0.497 e. The molecule has 0 saturated carbocycles. The third kappa shape index (κ3) is 5.05. The highest BCUT2D eigenvalue weighted by Gasteiger charge is 2.12. The number of benzene rings is 3. The summed E-state index contributed by atoms with van der Waals surface area (Å²) >= 11 is 6.12. The molecule has 5 heteroatoms. The van der Waals surface area contributed by atoms with Crippen LogP contribution in [-0.4, -0.2) is 13.0 Å². The van der Waals surface area contributed by atoms with Gasteiger partial charge in [-0.2, -0.15) is 0 Å². The number of carbonyl (C=O) groups excluding carboxylic acids is 1. The molecule has 0 bridgehead atoms. The van der Waals surface area contributed by atoms with Crippen molar-refractivity contribution in [3.8, 4) is 17.2 Å². The van der Waals surface area contributed by atoms with Crippen LogP contribution in [0.5, 0.6) is 17.2 Å². The number of aryl methyl sites for hydroxylation is 2. The van der Waals surface area contributed by atoms with E-state index in [9.17, 15) is 4.79 Å². The highest BCUT2D eigenvalue weighted by molar-refractivity contribution is 6.31. The van der Waals surface area contributed by atoms with Crippen molar-refractivity contribution in [2.24, 2.45) is 0 Å². The summed E-state index contributed by atoms with van der Waals surface area (Å²) in [6.07, 6.45) is 0.278. The Morgan fingerprint density at radius 3 is 2.36 bits per heavy atom. The van der Waals surface area contributed by atoms with Crippen molar-refractivity contribution in [3.63, 3.8) is 0 Å². The summed E-state index contributed by atoms with van der Waals surface area (Å²) in [6, 6.07) is 18.4. The van der Waals surface area contributed by atoms with E-state index in [-0.39, 0.29) is 12.3 Å². The molecule has 3 rings (SSSR count). The largest absolute Gasteiger partial charge is 0.497 e. The molecule has 0 heterocycles. The number of anilines is 1. The monoisotopic (exact) mass is 395 g/mol. The fraction of sp³-hybridized carbons (Fsp3) is 0.174. The first kappa shape index (κ1) is 19.8. The van der Waals surface area contributed by atoms with Crippen LogP contribution in [0.4, 0.5) is 5.69 Å².